The maximum atomic E-state index is 10.7. The number of rotatable bonds is 5. The van der Waals surface area contributed by atoms with Crippen LogP contribution in [0.15, 0.2) is 16.9 Å². The molecule has 0 atom stereocenters. The van der Waals surface area contributed by atoms with E-state index < -0.39 is 4.92 Å². The van der Waals surface area contributed by atoms with Crippen LogP contribution in [0.4, 0.5) is 10.9 Å². The molecular formula is C9H10BrN5O2S. The van der Waals surface area contributed by atoms with Crippen molar-refractivity contribution in [2.45, 2.75) is 13.5 Å². The molecule has 0 saturated carbocycles. The summed E-state index contributed by atoms with van der Waals surface area (Å²) in [6, 6.07) is 0. The predicted molar refractivity (Wildman–Crippen MR) is 72.0 cm³/mol. The predicted octanol–water partition coefficient (Wildman–Crippen LogP) is 2.49. The third-order valence-electron chi connectivity index (χ3n) is 2.07. The second-order valence-electron chi connectivity index (χ2n) is 3.42. The maximum absolute atomic E-state index is 10.7. The molecule has 96 valence electrons. The molecule has 18 heavy (non-hydrogen) atoms. The van der Waals surface area contributed by atoms with Crippen LogP contribution in [0.2, 0.25) is 0 Å². The van der Waals surface area contributed by atoms with Crippen molar-refractivity contribution in [3.05, 3.63) is 31.9 Å². The first-order valence-electron chi connectivity index (χ1n) is 5.16. The molecular weight excluding hydrogens is 322 g/mol. The summed E-state index contributed by atoms with van der Waals surface area (Å²) in [5.74, 6) is -0.175. The Morgan fingerprint density at radius 2 is 2.44 bits per heavy atom. The number of thiazole rings is 1. The number of nitrogens with zero attached hydrogens (tertiary/aromatic N) is 4. The zero-order valence-corrected chi connectivity index (χ0v) is 11.9. The Labute approximate surface area is 115 Å². The molecule has 0 unspecified atom stereocenters. The summed E-state index contributed by atoms with van der Waals surface area (Å²) in [4.78, 5) is 15.3. The zero-order valence-electron chi connectivity index (χ0n) is 9.46. The van der Waals surface area contributed by atoms with E-state index in [0.29, 0.717) is 11.0 Å². The summed E-state index contributed by atoms with van der Waals surface area (Å²) in [5, 5.41) is 18.5. The van der Waals surface area contributed by atoms with Crippen molar-refractivity contribution in [2.24, 2.45) is 0 Å². The molecule has 2 aromatic rings. The summed E-state index contributed by atoms with van der Waals surface area (Å²) < 4.78 is 1.90. The van der Waals surface area contributed by atoms with E-state index in [-0.39, 0.29) is 5.82 Å². The molecule has 0 bridgehead atoms. The highest BCUT2D eigenvalue weighted by atomic mass is 79.9. The van der Waals surface area contributed by atoms with Crippen molar-refractivity contribution in [3.63, 3.8) is 0 Å². The SMILES string of the molecule is CCNc1ncc(Cn2cc(Br)c([N+](=O)[O-])n2)s1. The number of anilines is 1. The summed E-state index contributed by atoms with van der Waals surface area (Å²) in [6.45, 7) is 3.27. The molecule has 0 aromatic carbocycles. The van der Waals surface area contributed by atoms with Crippen molar-refractivity contribution >= 4 is 38.2 Å². The lowest BCUT2D eigenvalue weighted by Gasteiger charge is -1.94. The van der Waals surface area contributed by atoms with Crippen LogP contribution in [-0.2, 0) is 6.54 Å². The normalized spacial score (nSPS) is 10.6. The van der Waals surface area contributed by atoms with E-state index >= 15 is 0 Å². The number of halogens is 1. The summed E-state index contributed by atoms with van der Waals surface area (Å²) in [6.07, 6.45) is 3.33. The first-order valence-corrected chi connectivity index (χ1v) is 6.77. The highest BCUT2D eigenvalue weighted by Crippen LogP contribution is 2.24. The third kappa shape index (κ3) is 2.85. The summed E-state index contributed by atoms with van der Waals surface area (Å²) in [7, 11) is 0. The first kappa shape index (κ1) is 13.0. The Morgan fingerprint density at radius 1 is 1.67 bits per heavy atom. The second kappa shape index (κ2) is 5.44. The average Bonchev–Trinajstić information content (AvgIpc) is 2.87. The number of nitro groups is 1. The second-order valence-corrected chi connectivity index (χ2v) is 5.39. The Hall–Kier alpha value is -1.48. The van der Waals surface area contributed by atoms with Crippen LogP contribution in [0, 0.1) is 10.1 Å². The van der Waals surface area contributed by atoms with Gasteiger partial charge in [-0.1, -0.05) is 0 Å². The van der Waals surface area contributed by atoms with E-state index in [1.54, 1.807) is 12.4 Å². The molecule has 0 amide bonds. The lowest BCUT2D eigenvalue weighted by Crippen LogP contribution is -1.99. The van der Waals surface area contributed by atoms with Crippen LogP contribution in [-0.4, -0.2) is 26.2 Å². The fourth-order valence-electron chi connectivity index (χ4n) is 1.36. The molecule has 0 aliphatic heterocycles. The van der Waals surface area contributed by atoms with Gasteiger partial charge in [-0.05, 0) is 27.8 Å². The number of nitrogens with one attached hydrogen (secondary N) is 1. The highest BCUT2D eigenvalue weighted by molar-refractivity contribution is 9.10. The van der Waals surface area contributed by atoms with Gasteiger partial charge in [-0.2, -0.15) is 4.68 Å². The molecule has 0 spiro atoms. The lowest BCUT2D eigenvalue weighted by molar-refractivity contribution is -0.390. The third-order valence-corrected chi connectivity index (χ3v) is 3.57. The highest BCUT2D eigenvalue weighted by Gasteiger charge is 2.18. The Balaban J connectivity index is 2.13. The van der Waals surface area contributed by atoms with Crippen LogP contribution in [0.5, 0.6) is 0 Å². The molecule has 0 fully saturated rings. The number of hydrogen-bond acceptors (Lipinski definition) is 6. The Kier molecular flexibility index (Phi) is 3.92. The smallest absolute Gasteiger partial charge is 0.362 e. The molecule has 1 N–H and O–H groups in total. The average molecular weight is 332 g/mol. The van der Waals surface area contributed by atoms with Crippen LogP contribution >= 0.6 is 27.3 Å². The quantitative estimate of drug-likeness (QED) is 0.671. The molecule has 0 aliphatic rings. The maximum Gasteiger partial charge on any atom is 0.404 e. The van der Waals surface area contributed by atoms with Crippen molar-refractivity contribution in [1.82, 2.24) is 14.8 Å². The zero-order chi connectivity index (χ0) is 13.1. The minimum absolute atomic E-state index is 0.175. The van der Waals surface area contributed by atoms with Gasteiger partial charge in [0.2, 0.25) is 0 Å². The Morgan fingerprint density at radius 3 is 3.06 bits per heavy atom. The fourth-order valence-corrected chi connectivity index (χ4v) is 2.70. The molecule has 9 heteroatoms. The number of aromatic nitrogens is 3. The van der Waals surface area contributed by atoms with Gasteiger partial charge in [-0.25, -0.2) is 4.98 Å². The Bertz CT molecular complexity index is 567. The molecule has 0 saturated heterocycles. The molecule has 2 heterocycles. The van der Waals surface area contributed by atoms with Crippen LogP contribution < -0.4 is 5.32 Å². The molecule has 0 radical (unpaired) electrons. The van der Waals surface area contributed by atoms with Crippen LogP contribution in [0.25, 0.3) is 0 Å². The topological polar surface area (TPSA) is 85.9 Å². The van der Waals surface area contributed by atoms with Gasteiger partial charge in [0.05, 0.1) is 22.7 Å². The van der Waals surface area contributed by atoms with E-state index in [2.05, 4.69) is 31.3 Å². The minimum atomic E-state index is -0.517. The summed E-state index contributed by atoms with van der Waals surface area (Å²) >= 11 is 4.62. The van der Waals surface area contributed by atoms with Gasteiger partial charge in [-0.15, -0.1) is 11.3 Å². The summed E-state index contributed by atoms with van der Waals surface area (Å²) in [5.41, 5.74) is 0. The standard InChI is InChI=1S/C9H10BrN5O2S/c1-2-11-9-12-3-6(18-9)4-14-5-7(10)8(13-14)15(16)17/h3,5H,2,4H2,1H3,(H,11,12). The van der Waals surface area contributed by atoms with Gasteiger partial charge in [0.1, 0.15) is 4.47 Å². The van der Waals surface area contributed by atoms with Gasteiger partial charge < -0.3 is 15.4 Å². The van der Waals surface area contributed by atoms with Crippen molar-refractivity contribution in [3.8, 4) is 0 Å². The van der Waals surface area contributed by atoms with Gasteiger partial charge >= 0.3 is 5.82 Å². The molecule has 2 aromatic heterocycles. The lowest BCUT2D eigenvalue weighted by atomic mass is 10.5. The number of hydrogen-bond donors (Lipinski definition) is 1. The van der Waals surface area contributed by atoms with Crippen molar-refractivity contribution < 1.29 is 4.92 Å². The minimum Gasteiger partial charge on any atom is -0.362 e. The molecule has 2 rings (SSSR count). The monoisotopic (exact) mass is 331 g/mol. The van der Waals surface area contributed by atoms with E-state index in [1.165, 1.54) is 16.0 Å². The first-order chi connectivity index (χ1) is 8.60. The molecule has 7 nitrogen and oxygen atoms in total. The van der Waals surface area contributed by atoms with Crippen molar-refractivity contribution in [2.75, 3.05) is 11.9 Å². The van der Waals surface area contributed by atoms with Crippen LogP contribution in [0.3, 0.4) is 0 Å². The largest absolute Gasteiger partial charge is 0.404 e. The fraction of sp³-hybridized carbons (Fsp3) is 0.333. The van der Waals surface area contributed by atoms with Gasteiger partial charge in [0, 0.05) is 12.7 Å². The van der Waals surface area contributed by atoms with E-state index in [4.69, 9.17) is 0 Å². The molecule has 0 aliphatic carbocycles. The van der Waals surface area contributed by atoms with Crippen molar-refractivity contribution in [1.29, 1.82) is 0 Å². The van der Waals surface area contributed by atoms with Gasteiger partial charge in [-0.3, -0.25) is 0 Å². The van der Waals surface area contributed by atoms with Gasteiger partial charge in [0.15, 0.2) is 5.13 Å². The van der Waals surface area contributed by atoms with Gasteiger partial charge in [0.25, 0.3) is 0 Å². The van der Waals surface area contributed by atoms with Crippen LogP contribution in [0.1, 0.15) is 11.8 Å². The van der Waals surface area contributed by atoms with E-state index in [1.807, 2.05) is 6.92 Å². The van der Waals surface area contributed by atoms with E-state index in [0.717, 1.165) is 16.6 Å². The van der Waals surface area contributed by atoms with E-state index in [9.17, 15) is 10.1 Å².